The molecule has 5 nitrogen and oxygen atoms in total. The van der Waals surface area contributed by atoms with Crippen LogP contribution in [0.25, 0.3) is 0 Å². The van der Waals surface area contributed by atoms with Gasteiger partial charge in [0.1, 0.15) is 5.82 Å². The Morgan fingerprint density at radius 2 is 2.40 bits per heavy atom. The molecule has 0 spiro atoms. The summed E-state index contributed by atoms with van der Waals surface area (Å²) in [5, 5.41) is 3.15. The van der Waals surface area contributed by atoms with Crippen LogP contribution in [0.3, 0.4) is 0 Å². The minimum atomic E-state index is 0.0450. The zero-order chi connectivity index (χ0) is 14.5. The molecule has 0 bridgehead atoms. The molecule has 5 heteroatoms. The van der Waals surface area contributed by atoms with Crippen LogP contribution in [-0.2, 0) is 0 Å². The first kappa shape index (κ1) is 14.8. The van der Waals surface area contributed by atoms with Crippen molar-refractivity contribution in [3.05, 3.63) is 23.9 Å². The predicted molar refractivity (Wildman–Crippen MR) is 81.0 cm³/mol. The molecule has 1 amide bonds. The van der Waals surface area contributed by atoms with E-state index in [0.717, 1.165) is 26.2 Å². The van der Waals surface area contributed by atoms with E-state index < -0.39 is 0 Å². The lowest BCUT2D eigenvalue weighted by atomic mass is 10.1. The molecule has 0 aliphatic carbocycles. The SMILES string of the molecule is CCNc1ncccc1C(=O)N(C)CC1CCN(C)C1. The van der Waals surface area contributed by atoms with Gasteiger partial charge in [-0.15, -0.1) is 0 Å². The van der Waals surface area contributed by atoms with Crippen molar-refractivity contribution in [2.24, 2.45) is 5.92 Å². The molecule has 20 heavy (non-hydrogen) atoms. The van der Waals surface area contributed by atoms with Gasteiger partial charge in [0, 0.05) is 32.9 Å². The van der Waals surface area contributed by atoms with Crippen molar-refractivity contribution in [2.45, 2.75) is 13.3 Å². The van der Waals surface area contributed by atoms with E-state index in [1.807, 2.05) is 31.0 Å². The minimum absolute atomic E-state index is 0.0450. The lowest BCUT2D eigenvalue weighted by Crippen LogP contribution is -2.33. The largest absolute Gasteiger partial charge is 0.370 e. The average Bonchev–Trinajstić information content (AvgIpc) is 2.84. The zero-order valence-electron chi connectivity index (χ0n) is 12.6. The Morgan fingerprint density at radius 1 is 1.60 bits per heavy atom. The first-order valence-corrected chi connectivity index (χ1v) is 7.24. The highest BCUT2D eigenvalue weighted by atomic mass is 16.2. The predicted octanol–water partition coefficient (Wildman–Crippen LogP) is 1.54. The topological polar surface area (TPSA) is 48.5 Å². The molecule has 0 radical (unpaired) electrons. The standard InChI is InChI=1S/C15H24N4O/c1-4-16-14-13(6-5-8-17-14)15(20)19(3)11-12-7-9-18(2)10-12/h5-6,8,12H,4,7,9-11H2,1-3H3,(H,16,17). The normalized spacial score (nSPS) is 19.1. The van der Waals surface area contributed by atoms with Gasteiger partial charge < -0.3 is 15.1 Å². The van der Waals surface area contributed by atoms with Crippen LogP contribution >= 0.6 is 0 Å². The van der Waals surface area contributed by atoms with E-state index in [2.05, 4.69) is 22.2 Å². The summed E-state index contributed by atoms with van der Waals surface area (Å²) in [4.78, 5) is 20.9. The average molecular weight is 276 g/mol. The lowest BCUT2D eigenvalue weighted by molar-refractivity contribution is 0.0774. The third kappa shape index (κ3) is 3.48. The Balaban J connectivity index is 2.03. The highest BCUT2D eigenvalue weighted by Crippen LogP contribution is 2.18. The Kier molecular flexibility index (Phi) is 4.95. The summed E-state index contributed by atoms with van der Waals surface area (Å²) in [5.74, 6) is 1.30. The van der Waals surface area contributed by atoms with Crippen LogP contribution in [-0.4, -0.2) is 61.0 Å². The van der Waals surface area contributed by atoms with Gasteiger partial charge in [-0.05, 0) is 45.0 Å². The number of hydrogen-bond donors (Lipinski definition) is 1. The van der Waals surface area contributed by atoms with Gasteiger partial charge in [0.25, 0.3) is 5.91 Å². The number of pyridine rings is 1. The molecule has 1 unspecified atom stereocenters. The molecule has 1 aliphatic rings. The van der Waals surface area contributed by atoms with Crippen LogP contribution < -0.4 is 5.32 Å². The summed E-state index contributed by atoms with van der Waals surface area (Å²) in [6, 6.07) is 3.65. The molecule has 1 aliphatic heterocycles. The number of carbonyl (C=O) groups excluding carboxylic acids is 1. The van der Waals surface area contributed by atoms with Crippen LogP contribution in [0.4, 0.5) is 5.82 Å². The molecule has 1 N–H and O–H groups in total. The summed E-state index contributed by atoms with van der Waals surface area (Å²) in [6.45, 7) is 5.77. The van der Waals surface area contributed by atoms with Crippen LogP contribution in [0.1, 0.15) is 23.7 Å². The van der Waals surface area contributed by atoms with E-state index in [0.29, 0.717) is 17.3 Å². The van der Waals surface area contributed by atoms with Gasteiger partial charge in [-0.25, -0.2) is 4.98 Å². The van der Waals surface area contributed by atoms with Crippen molar-refractivity contribution >= 4 is 11.7 Å². The second-order valence-electron chi connectivity index (χ2n) is 5.53. The maximum atomic E-state index is 12.5. The van der Waals surface area contributed by atoms with Gasteiger partial charge >= 0.3 is 0 Å². The first-order chi connectivity index (χ1) is 9.61. The number of nitrogens with one attached hydrogen (secondary N) is 1. The van der Waals surface area contributed by atoms with Gasteiger partial charge in [0.05, 0.1) is 5.56 Å². The van der Waals surface area contributed by atoms with Crippen molar-refractivity contribution in [1.29, 1.82) is 0 Å². The number of amides is 1. The van der Waals surface area contributed by atoms with Crippen LogP contribution in [0.15, 0.2) is 18.3 Å². The maximum absolute atomic E-state index is 12.5. The number of nitrogens with zero attached hydrogens (tertiary/aromatic N) is 3. The molecular formula is C15H24N4O. The number of anilines is 1. The molecule has 1 aromatic heterocycles. The minimum Gasteiger partial charge on any atom is -0.370 e. The quantitative estimate of drug-likeness (QED) is 0.886. The number of likely N-dealkylation sites (tertiary alicyclic amines) is 1. The Labute approximate surface area is 121 Å². The van der Waals surface area contributed by atoms with Crippen molar-refractivity contribution in [2.75, 3.05) is 45.6 Å². The molecular weight excluding hydrogens is 252 g/mol. The van der Waals surface area contributed by atoms with Crippen molar-refractivity contribution in [3.8, 4) is 0 Å². The Bertz CT molecular complexity index is 463. The van der Waals surface area contributed by atoms with Gasteiger partial charge in [-0.3, -0.25) is 4.79 Å². The van der Waals surface area contributed by atoms with Crippen molar-refractivity contribution < 1.29 is 4.79 Å². The number of rotatable bonds is 5. The Morgan fingerprint density at radius 3 is 3.05 bits per heavy atom. The third-order valence-electron chi connectivity index (χ3n) is 3.75. The molecule has 110 valence electrons. The highest BCUT2D eigenvalue weighted by molar-refractivity contribution is 5.98. The fourth-order valence-electron chi connectivity index (χ4n) is 2.74. The van der Waals surface area contributed by atoms with Crippen LogP contribution in [0.5, 0.6) is 0 Å². The van der Waals surface area contributed by atoms with Gasteiger partial charge in [-0.2, -0.15) is 0 Å². The first-order valence-electron chi connectivity index (χ1n) is 7.24. The number of hydrogen-bond acceptors (Lipinski definition) is 4. The van der Waals surface area contributed by atoms with Crippen LogP contribution in [0.2, 0.25) is 0 Å². The molecule has 0 saturated carbocycles. The molecule has 2 rings (SSSR count). The number of aromatic nitrogens is 1. The summed E-state index contributed by atoms with van der Waals surface area (Å²) in [5.41, 5.74) is 0.656. The van der Waals surface area contributed by atoms with E-state index in [9.17, 15) is 4.79 Å². The summed E-state index contributed by atoms with van der Waals surface area (Å²) >= 11 is 0. The summed E-state index contributed by atoms with van der Waals surface area (Å²) in [6.07, 6.45) is 2.88. The molecule has 1 atom stereocenters. The summed E-state index contributed by atoms with van der Waals surface area (Å²) in [7, 11) is 4.01. The van der Waals surface area contributed by atoms with E-state index >= 15 is 0 Å². The van der Waals surface area contributed by atoms with E-state index in [1.54, 1.807) is 6.20 Å². The van der Waals surface area contributed by atoms with Gasteiger partial charge in [0.15, 0.2) is 0 Å². The fourth-order valence-corrected chi connectivity index (χ4v) is 2.74. The van der Waals surface area contributed by atoms with Crippen molar-refractivity contribution in [1.82, 2.24) is 14.8 Å². The third-order valence-corrected chi connectivity index (χ3v) is 3.75. The molecule has 1 fully saturated rings. The highest BCUT2D eigenvalue weighted by Gasteiger charge is 2.24. The number of carbonyl (C=O) groups is 1. The van der Waals surface area contributed by atoms with E-state index in [-0.39, 0.29) is 5.91 Å². The van der Waals surface area contributed by atoms with Gasteiger partial charge in [-0.1, -0.05) is 0 Å². The monoisotopic (exact) mass is 276 g/mol. The molecule has 1 saturated heterocycles. The molecule has 2 heterocycles. The zero-order valence-corrected chi connectivity index (χ0v) is 12.6. The van der Waals surface area contributed by atoms with E-state index in [4.69, 9.17) is 0 Å². The fraction of sp³-hybridized carbons (Fsp3) is 0.600. The molecule has 1 aromatic rings. The maximum Gasteiger partial charge on any atom is 0.257 e. The van der Waals surface area contributed by atoms with Gasteiger partial charge in [0.2, 0.25) is 0 Å². The smallest absolute Gasteiger partial charge is 0.257 e. The lowest BCUT2D eigenvalue weighted by Gasteiger charge is -2.22. The summed E-state index contributed by atoms with van der Waals surface area (Å²) < 4.78 is 0. The second kappa shape index (κ2) is 6.70. The second-order valence-corrected chi connectivity index (χ2v) is 5.53. The van der Waals surface area contributed by atoms with E-state index in [1.165, 1.54) is 6.42 Å². The van der Waals surface area contributed by atoms with Crippen LogP contribution in [0, 0.1) is 5.92 Å². The van der Waals surface area contributed by atoms with Crippen molar-refractivity contribution in [3.63, 3.8) is 0 Å². The Hall–Kier alpha value is -1.62. The molecule has 0 aromatic carbocycles.